The monoisotopic (exact) mass is 230 g/mol. The van der Waals surface area contributed by atoms with Crippen LogP contribution >= 0.6 is 0 Å². The summed E-state index contributed by atoms with van der Waals surface area (Å²) in [4.78, 5) is 0. The summed E-state index contributed by atoms with van der Waals surface area (Å²) in [7, 11) is 1.65. The lowest BCUT2D eigenvalue weighted by Gasteiger charge is -2.11. The third-order valence-corrected chi connectivity index (χ3v) is 2.76. The average molecular weight is 230 g/mol. The summed E-state index contributed by atoms with van der Waals surface area (Å²) in [5.74, 6) is 0.552. The molecule has 1 aliphatic rings. The molecular weight excluding hydrogens is 208 g/mol. The smallest absolute Gasteiger partial charge is 0.147 e. The number of aliphatic hydroxyl groups is 1. The van der Waals surface area contributed by atoms with Crippen LogP contribution in [-0.2, 0) is 14.2 Å². The molecule has 0 amide bonds. The molecule has 2 atom stereocenters. The number of ether oxygens (including phenoxy) is 3. The highest BCUT2D eigenvalue weighted by Gasteiger charge is 2.23. The minimum Gasteiger partial charge on any atom is -0.392 e. The molecule has 4 nitrogen and oxygen atoms in total. The molecule has 0 aromatic carbocycles. The van der Waals surface area contributed by atoms with Crippen LogP contribution in [0.3, 0.4) is 0 Å². The number of aliphatic hydroxyl groups excluding tert-OH is 1. The maximum Gasteiger partial charge on any atom is 0.147 e. The standard InChI is InChI=1S/C12H22O4/c1-14-7-8-15-10-16-12-5-4-11(9-12)3-2-6-13/h2-3,11-13H,4-10H2,1H3/b3-2+. The fourth-order valence-electron chi connectivity index (χ4n) is 1.90. The van der Waals surface area contributed by atoms with Crippen molar-refractivity contribution in [1.82, 2.24) is 0 Å². The summed E-state index contributed by atoms with van der Waals surface area (Å²) in [6, 6.07) is 0. The number of hydrogen-bond acceptors (Lipinski definition) is 4. The Bertz CT molecular complexity index is 193. The molecule has 1 aliphatic carbocycles. The third-order valence-electron chi connectivity index (χ3n) is 2.76. The van der Waals surface area contributed by atoms with Gasteiger partial charge in [0.05, 0.1) is 25.9 Å². The van der Waals surface area contributed by atoms with E-state index in [0.717, 1.165) is 19.3 Å². The van der Waals surface area contributed by atoms with Gasteiger partial charge >= 0.3 is 0 Å². The Kier molecular flexibility index (Phi) is 7.42. The van der Waals surface area contributed by atoms with E-state index in [-0.39, 0.29) is 6.61 Å². The van der Waals surface area contributed by atoms with E-state index in [9.17, 15) is 0 Å². The first-order chi connectivity index (χ1) is 7.86. The predicted molar refractivity (Wildman–Crippen MR) is 61.1 cm³/mol. The maximum absolute atomic E-state index is 8.67. The minimum atomic E-state index is 0.127. The molecule has 94 valence electrons. The molecule has 2 unspecified atom stereocenters. The lowest BCUT2D eigenvalue weighted by Crippen LogP contribution is -2.13. The van der Waals surface area contributed by atoms with Crippen LogP contribution in [0.5, 0.6) is 0 Å². The lowest BCUT2D eigenvalue weighted by atomic mass is 10.1. The lowest BCUT2D eigenvalue weighted by molar-refractivity contribution is -0.0956. The highest BCUT2D eigenvalue weighted by atomic mass is 16.7. The molecule has 0 aromatic rings. The van der Waals surface area contributed by atoms with Crippen LogP contribution in [0.25, 0.3) is 0 Å². The van der Waals surface area contributed by atoms with Gasteiger partial charge in [0, 0.05) is 7.11 Å². The fraction of sp³-hybridized carbons (Fsp3) is 0.833. The molecule has 16 heavy (non-hydrogen) atoms. The van der Waals surface area contributed by atoms with Crippen LogP contribution in [0, 0.1) is 5.92 Å². The van der Waals surface area contributed by atoms with Gasteiger partial charge < -0.3 is 19.3 Å². The van der Waals surface area contributed by atoms with Gasteiger partial charge in [0.15, 0.2) is 0 Å². The zero-order valence-electron chi connectivity index (χ0n) is 9.93. The van der Waals surface area contributed by atoms with E-state index in [1.165, 1.54) is 0 Å². The molecule has 4 heteroatoms. The van der Waals surface area contributed by atoms with Crippen LogP contribution in [-0.4, -0.2) is 44.9 Å². The second kappa shape index (κ2) is 8.70. The second-order valence-electron chi connectivity index (χ2n) is 3.99. The van der Waals surface area contributed by atoms with Crippen LogP contribution in [0.4, 0.5) is 0 Å². The zero-order valence-corrected chi connectivity index (χ0v) is 9.93. The Morgan fingerprint density at radius 1 is 1.31 bits per heavy atom. The topological polar surface area (TPSA) is 47.9 Å². The fourth-order valence-corrected chi connectivity index (χ4v) is 1.90. The summed E-state index contributed by atoms with van der Waals surface area (Å²) >= 11 is 0. The van der Waals surface area contributed by atoms with Crippen molar-refractivity contribution in [2.24, 2.45) is 5.92 Å². The third kappa shape index (κ3) is 5.61. The van der Waals surface area contributed by atoms with E-state index < -0.39 is 0 Å². The summed E-state index contributed by atoms with van der Waals surface area (Å²) in [5.41, 5.74) is 0. The van der Waals surface area contributed by atoms with Crippen molar-refractivity contribution in [2.75, 3.05) is 33.7 Å². The van der Waals surface area contributed by atoms with Gasteiger partial charge in [0.2, 0.25) is 0 Å². The Hall–Kier alpha value is -0.420. The van der Waals surface area contributed by atoms with Crippen molar-refractivity contribution in [2.45, 2.75) is 25.4 Å². The Labute approximate surface area is 97.2 Å². The minimum absolute atomic E-state index is 0.127. The van der Waals surface area contributed by atoms with E-state index in [1.54, 1.807) is 7.11 Å². The van der Waals surface area contributed by atoms with Gasteiger partial charge in [-0.1, -0.05) is 12.2 Å². The van der Waals surface area contributed by atoms with Crippen molar-refractivity contribution in [3.05, 3.63) is 12.2 Å². The molecule has 1 N–H and O–H groups in total. The van der Waals surface area contributed by atoms with Crippen molar-refractivity contribution in [3.8, 4) is 0 Å². The van der Waals surface area contributed by atoms with Crippen LogP contribution in [0.2, 0.25) is 0 Å². The molecule has 0 spiro atoms. The van der Waals surface area contributed by atoms with Crippen LogP contribution < -0.4 is 0 Å². The first-order valence-electron chi connectivity index (χ1n) is 5.82. The van der Waals surface area contributed by atoms with Crippen molar-refractivity contribution < 1.29 is 19.3 Å². The maximum atomic E-state index is 8.67. The summed E-state index contributed by atoms with van der Waals surface area (Å²) < 4.78 is 15.7. The van der Waals surface area contributed by atoms with Crippen molar-refractivity contribution >= 4 is 0 Å². The molecular formula is C12H22O4. The average Bonchev–Trinajstić information content (AvgIpc) is 2.74. The first kappa shape index (κ1) is 13.6. The van der Waals surface area contributed by atoms with Crippen LogP contribution in [0.1, 0.15) is 19.3 Å². The summed E-state index contributed by atoms with van der Waals surface area (Å²) in [6.45, 7) is 1.67. The molecule has 1 rings (SSSR count). The molecule has 0 bridgehead atoms. The quantitative estimate of drug-likeness (QED) is 0.388. The van der Waals surface area contributed by atoms with Gasteiger partial charge in [-0.05, 0) is 25.2 Å². The number of methoxy groups -OCH3 is 1. The Morgan fingerprint density at radius 3 is 2.94 bits per heavy atom. The van der Waals surface area contributed by atoms with Crippen molar-refractivity contribution in [3.63, 3.8) is 0 Å². The number of rotatable bonds is 8. The SMILES string of the molecule is COCCOCOC1CCC(/C=C/CO)C1. The van der Waals surface area contributed by atoms with Crippen LogP contribution in [0.15, 0.2) is 12.2 Å². The second-order valence-corrected chi connectivity index (χ2v) is 3.99. The Balaban J connectivity index is 2.01. The first-order valence-corrected chi connectivity index (χ1v) is 5.82. The number of hydrogen-bond donors (Lipinski definition) is 1. The van der Waals surface area contributed by atoms with Crippen molar-refractivity contribution in [1.29, 1.82) is 0 Å². The Morgan fingerprint density at radius 2 is 2.19 bits per heavy atom. The van der Waals surface area contributed by atoms with Gasteiger partial charge in [-0.3, -0.25) is 0 Å². The van der Waals surface area contributed by atoms with E-state index in [0.29, 0.717) is 32.0 Å². The predicted octanol–water partition coefficient (Wildman–Crippen LogP) is 1.34. The largest absolute Gasteiger partial charge is 0.392 e. The molecule has 1 saturated carbocycles. The molecule has 0 aromatic heterocycles. The molecule has 0 heterocycles. The van der Waals surface area contributed by atoms with E-state index in [4.69, 9.17) is 19.3 Å². The normalized spacial score (nSPS) is 25.6. The van der Waals surface area contributed by atoms with Gasteiger partial charge in [-0.15, -0.1) is 0 Å². The van der Waals surface area contributed by atoms with Gasteiger partial charge in [0.1, 0.15) is 6.79 Å². The number of allylic oxidation sites excluding steroid dienone is 1. The van der Waals surface area contributed by atoms with E-state index in [1.807, 2.05) is 6.08 Å². The molecule has 0 saturated heterocycles. The summed E-state index contributed by atoms with van der Waals surface area (Å²) in [6.07, 6.45) is 7.44. The molecule has 0 aliphatic heterocycles. The van der Waals surface area contributed by atoms with Gasteiger partial charge in [-0.2, -0.15) is 0 Å². The van der Waals surface area contributed by atoms with E-state index >= 15 is 0 Å². The summed E-state index contributed by atoms with van der Waals surface area (Å²) in [5, 5.41) is 8.67. The highest BCUT2D eigenvalue weighted by Crippen LogP contribution is 2.28. The van der Waals surface area contributed by atoms with Gasteiger partial charge in [0.25, 0.3) is 0 Å². The highest BCUT2D eigenvalue weighted by molar-refractivity contribution is 4.93. The van der Waals surface area contributed by atoms with E-state index in [2.05, 4.69) is 6.08 Å². The van der Waals surface area contributed by atoms with Gasteiger partial charge in [-0.25, -0.2) is 0 Å². The molecule has 1 fully saturated rings. The zero-order chi connectivity index (χ0) is 11.6. The molecule has 0 radical (unpaired) electrons.